The minimum absolute atomic E-state index is 0.187. The number of nitrogens with one attached hydrogen (secondary N) is 2. The van der Waals surface area contributed by atoms with Gasteiger partial charge in [-0.1, -0.05) is 0 Å². The molecule has 1 atom stereocenters. The molecule has 3 aromatic heterocycles. The molecular formula is C23H22FN5O3. The molecule has 5 rings (SSSR count). The van der Waals surface area contributed by atoms with Gasteiger partial charge in [0.2, 0.25) is 0 Å². The van der Waals surface area contributed by atoms with Gasteiger partial charge < -0.3 is 24.4 Å². The normalized spacial score (nSPS) is 16.2. The summed E-state index contributed by atoms with van der Waals surface area (Å²) in [4.78, 5) is 31.4. The van der Waals surface area contributed by atoms with E-state index in [-0.39, 0.29) is 22.5 Å². The molecule has 9 heteroatoms. The lowest BCUT2D eigenvalue weighted by molar-refractivity contribution is 0.102. The van der Waals surface area contributed by atoms with Crippen LogP contribution in [0.1, 0.15) is 22.5 Å². The number of aromatic nitrogens is 2. The van der Waals surface area contributed by atoms with Crippen molar-refractivity contribution >= 4 is 33.9 Å². The minimum Gasteiger partial charge on any atom is -0.422 e. The van der Waals surface area contributed by atoms with E-state index in [4.69, 9.17) is 4.42 Å². The molecule has 8 nitrogen and oxygen atoms in total. The summed E-state index contributed by atoms with van der Waals surface area (Å²) in [6.45, 7) is 3.44. The SMILES string of the molecule is CN[C@H]1CCN(c2ccc(C(=O)Nc3cc(F)c4nc(C)cn4c3)c3oc(=O)ccc23)C1. The Bertz CT molecular complexity index is 1410. The number of amides is 1. The number of benzene rings is 1. The topological polar surface area (TPSA) is 91.9 Å². The molecule has 0 spiro atoms. The molecule has 1 fully saturated rings. The van der Waals surface area contributed by atoms with E-state index in [1.54, 1.807) is 31.5 Å². The summed E-state index contributed by atoms with van der Waals surface area (Å²) in [7, 11) is 1.93. The maximum atomic E-state index is 14.4. The number of halogens is 1. The third-order valence-corrected chi connectivity index (χ3v) is 5.83. The highest BCUT2D eigenvalue weighted by atomic mass is 19.1. The van der Waals surface area contributed by atoms with Crippen molar-refractivity contribution in [2.45, 2.75) is 19.4 Å². The number of carbonyl (C=O) groups excluding carboxylic acids is 1. The van der Waals surface area contributed by atoms with E-state index in [2.05, 4.69) is 20.5 Å². The monoisotopic (exact) mass is 435 g/mol. The number of anilines is 2. The Kier molecular flexibility index (Phi) is 4.90. The molecule has 0 radical (unpaired) electrons. The molecule has 1 saturated heterocycles. The Morgan fingerprint density at radius 3 is 2.88 bits per heavy atom. The second-order valence-electron chi connectivity index (χ2n) is 7.99. The van der Waals surface area contributed by atoms with Crippen molar-refractivity contribution in [2.24, 2.45) is 0 Å². The predicted molar refractivity (Wildman–Crippen MR) is 120 cm³/mol. The standard InChI is InChI=1S/C23H22FN5O3/c1-13-10-29-12-15(9-18(24)22(29)26-13)27-23(31)17-3-5-19(28-8-7-14(11-28)25-2)16-4-6-20(30)32-21(16)17/h3-6,9-10,12,14,25H,7-8,11H2,1-2H3,(H,27,31)/t14-/m0/s1. The van der Waals surface area contributed by atoms with Crippen molar-refractivity contribution in [3.63, 3.8) is 0 Å². The predicted octanol–water partition coefficient (Wildman–Crippen LogP) is 2.94. The van der Waals surface area contributed by atoms with E-state index >= 15 is 0 Å². The molecule has 1 amide bonds. The molecule has 1 aliphatic heterocycles. The maximum Gasteiger partial charge on any atom is 0.336 e. The number of carbonyl (C=O) groups is 1. The first kappa shape index (κ1) is 20.2. The number of nitrogens with zero attached hydrogens (tertiary/aromatic N) is 3. The quantitative estimate of drug-likeness (QED) is 0.479. The zero-order valence-corrected chi connectivity index (χ0v) is 17.7. The number of imidazole rings is 1. The van der Waals surface area contributed by atoms with Gasteiger partial charge in [-0.05, 0) is 38.6 Å². The van der Waals surface area contributed by atoms with E-state index in [0.717, 1.165) is 25.2 Å². The number of pyridine rings is 1. The van der Waals surface area contributed by atoms with Gasteiger partial charge in [0.15, 0.2) is 17.0 Å². The van der Waals surface area contributed by atoms with Crippen molar-refractivity contribution in [1.29, 1.82) is 0 Å². The Balaban J connectivity index is 1.53. The fourth-order valence-corrected chi connectivity index (χ4v) is 4.26. The zero-order valence-electron chi connectivity index (χ0n) is 17.7. The lowest BCUT2D eigenvalue weighted by atomic mass is 10.1. The van der Waals surface area contributed by atoms with Crippen molar-refractivity contribution in [3.8, 4) is 0 Å². The molecule has 4 heterocycles. The second kappa shape index (κ2) is 7.76. The van der Waals surface area contributed by atoms with E-state index in [1.165, 1.54) is 16.5 Å². The zero-order chi connectivity index (χ0) is 22.4. The lowest BCUT2D eigenvalue weighted by Crippen LogP contribution is -2.29. The third-order valence-electron chi connectivity index (χ3n) is 5.83. The smallest absolute Gasteiger partial charge is 0.336 e. The van der Waals surface area contributed by atoms with Crippen LogP contribution in [0.5, 0.6) is 0 Å². The van der Waals surface area contributed by atoms with E-state index < -0.39 is 17.3 Å². The second-order valence-corrected chi connectivity index (χ2v) is 7.99. The van der Waals surface area contributed by atoms with Gasteiger partial charge in [0.25, 0.3) is 5.91 Å². The Labute approximate surface area is 182 Å². The van der Waals surface area contributed by atoms with Gasteiger partial charge in [0.1, 0.15) is 0 Å². The number of hydrogen-bond acceptors (Lipinski definition) is 6. The summed E-state index contributed by atoms with van der Waals surface area (Å²) in [5.41, 5.74) is 1.89. The number of fused-ring (bicyclic) bond motifs is 2. The van der Waals surface area contributed by atoms with E-state index in [0.29, 0.717) is 17.1 Å². The highest BCUT2D eigenvalue weighted by Crippen LogP contribution is 2.31. The van der Waals surface area contributed by atoms with Crippen LogP contribution in [0.3, 0.4) is 0 Å². The van der Waals surface area contributed by atoms with Gasteiger partial charge in [0.05, 0.1) is 16.9 Å². The molecule has 1 aromatic carbocycles. The number of aryl methyl sites for hydroxylation is 1. The summed E-state index contributed by atoms with van der Waals surface area (Å²) < 4.78 is 21.4. The molecule has 2 N–H and O–H groups in total. The molecule has 1 aliphatic rings. The van der Waals surface area contributed by atoms with Crippen LogP contribution in [-0.4, -0.2) is 41.5 Å². The van der Waals surface area contributed by atoms with Crippen molar-refractivity contribution < 1.29 is 13.6 Å². The van der Waals surface area contributed by atoms with Crippen LogP contribution < -0.4 is 21.2 Å². The summed E-state index contributed by atoms with van der Waals surface area (Å²) in [6.07, 6.45) is 4.26. The summed E-state index contributed by atoms with van der Waals surface area (Å²) in [5, 5.41) is 6.67. The summed E-state index contributed by atoms with van der Waals surface area (Å²) >= 11 is 0. The van der Waals surface area contributed by atoms with Crippen LogP contribution in [0.4, 0.5) is 15.8 Å². The molecule has 0 bridgehead atoms. The average molecular weight is 435 g/mol. The first-order valence-electron chi connectivity index (χ1n) is 10.4. The highest BCUT2D eigenvalue weighted by Gasteiger charge is 2.25. The van der Waals surface area contributed by atoms with Crippen molar-refractivity contribution in [1.82, 2.24) is 14.7 Å². The Morgan fingerprint density at radius 2 is 2.09 bits per heavy atom. The van der Waals surface area contributed by atoms with E-state index in [1.807, 2.05) is 13.1 Å². The largest absolute Gasteiger partial charge is 0.422 e. The van der Waals surface area contributed by atoms with Crippen LogP contribution in [0, 0.1) is 12.7 Å². The van der Waals surface area contributed by atoms with Gasteiger partial charge >= 0.3 is 5.63 Å². The highest BCUT2D eigenvalue weighted by molar-refractivity contribution is 6.13. The molecule has 32 heavy (non-hydrogen) atoms. The van der Waals surface area contributed by atoms with Crippen LogP contribution in [0.25, 0.3) is 16.6 Å². The third kappa shape index (κ3) is 3.50. The Hall–Kier alpha value is -3.72. The minimum atomic E-state index is -0.546. The Morgan fingerprint density at radius 1 is 1.25 bits per heavy atom. The van der Waals surface area contributed by atoms with Gasteiger partial charge in [-0.15, -0.1) is 0 Å². The van der Waals surface area contributed by atoms with Crippen LogP contribution in [0.15, 0.2) is 51.9 Å². The molecular weight excluding hydrogens is 413 g/mol. The van der Waals surface area contributed by atoms with Crippen molar-refractivity contribution in [2.75, 3.05) is 30.4 Å². The van der Waals surface area contributed by atoms with Gasteiger partial charge in [-0.2, -0.15) is 0 Å². The lowest BCUT2D eigenvalue weighted by Gasteiger charge is -2.21. The molecule has 0 unspecified atom stereocenters. The summed E-state index contributed by atoms with van der Waals surface area (Å²) in [6, 6.07) is 8.12. The van der Waals surface area contributed by atoms with Crippen LogP contribution in [0.2, 0.25) is 0 Å². The van der Waals surface area contributed by atoms with Crippen LogP contribution >= 0.6 is 0 Å². The van der Waals surface area contributed by atoms with Gasteiger partial charge in [0, 0.05) is 54.7 Å². The maximum absolute atomic E-state index is 14.4. The summed E-state index contributed by atoms with van der Waals surface area (Å²) in [5.74, 6) is -1.04. The number of likely N-dealkylation sites (N-methyl/N-ethyl adjacent to an activating group) is 1. The average Bonchev–Trinajstić information content (AvgIpc) is 3.39. The molecule has 0 aliphatic carbocycles. The molecule has 4 aromatic rings. The fourth-order valence-electron chi connectivity index (χ4n) is 4.26. The van der Waals surface area contributed by atoms with Gasteiger partial charge in [-0.3, -0.25) is 4.79 Å². The fraction of sp³-hybridized carbons (Fsp3) is 0.261. The first-order chi connectivity index (χ1) is 15.4. The van der Waals surface area contributed by atoms with Crippen LogP contribution in [-0.2, 0) is 0 Å². The number of rotatable bonds is 4. The van der Waals surface area contributed by atoms with Gasteiger partial charge in [-0.25, -0.2) is 14.2 Å². The number of hydrogen-bond donors (Lipinski definition) is 2. The van der Waals surface area contributed by atoms with Crippen molar-refractivity contribution in [3.05, 3.63) is 70.2 Å². The molecule has 0 saturated carbocycles. The molecule has 164 valence electrons. The first-order valence-corrected chi connectivity index (χ1v) is 10.4. The van der Waals surface area contributed by atoms with E-state index in [9.17, 15) is 14.0 Å².